The quantitative estimate of drug-likeness (QED) is 0.640. The number of anilines is 1. The summed E-state index contributed by atoms with van der Waals surface area (Å²) in [5.41, 5.74) is 1.70. The average molecular weight is 325 g/mol. The fourth-order valence-electron chi connectivity index (χ4n) is 3.12. The highest BCUT2D eigenvalue weighted by molar-refractivity contribution is 6.09. The molecule has 1 saturated heterocycles. The standard InChI is InChI=1S/C19H19NO4/c1-23-15-10-8-14(9-11-15)20-12-16(13-6-4-3-5-7-13)17(18(20)21)19(22)24-2/h3-11,16-17H,12H2,1-2H3/t16-,17-/m1/s1. The topological polar surface area (TPSA) is 55.8 Å². The van der Waals surface area contributed by atoms with Crippen LogP contribution in [0.1, 0.15) is 11.5 Å². The number of carbonyl (C=O) groups is 2. The van der Waals surface area contributed by atoms with Gasteiger partial charge < -0.3 is 14.4 Å². The summed E-state index contributed by atoms with van der Waals surface area (Å²) in [6.45, 7) is 0.439. The van der Waals surface area contributed by atoms with Gasteiger partial charge in [-0.1, -0.05) is 30.3 Å². The van der Waals surface area contributed by atoms with Crippen LogP contribution in [0.4, 0.5) is 5.69 Å². The zero-order valence-corrected chi connectivity index (χ0v) is 13.6. The van der Waals surface area contributed by atoms with Crippen LogP contribution in [-0.4, -0.2) is 32.6 Å². The van der Waals surface area contributed by atoms with Gasteiger partial charge in [-0.3, -0.25) is 9.59 Å². The van der Waals surface area contributed by atoms with Crippen LogP contribution in [0.25, 0.3) is 0 Å². The fraction of sp³-hybridized carbons (Fsp3) is 0.263. The van der Waals surface area contributed by atoms with E-state index in [0.29, 0.717) is 6.54 Å². The monoisotopic (exact) mass is 325 g/mol. The Morgan fingerprint density at radius 2 is 1.71 bits per heavy atom. The number of nitrogens with zero attached hydrogens (tertiary/aromatic N) is 1. The van der Waals surface area contributed by atoms with E-state index < -0.39 is 11.9 Å². The maximum Gasteiger partial charge on any atom is 0.318 e. The SMILES string of the molecule is COC(=O)[C@H]1C(=O)N(c2ccc(OC)cc2)C[C@@H]1c1ccccc1. The van der Waals surface area contributed by atoms with E-state index in [2.05, 4.69) is 0 Å². The van der Waals surface area contributed by atoms with Gasteiger partial charge in [0.05, 0.1) is 14.2 Å². The molecule has 0 bridgehead atoms. The van der Waals surface area contributed by atoms with E-state index in [-0.39, 0.29) is 11.8 Å². The third-order valence-corrected chi connectivity index (χ3v) is 4.38. The van der Waals surface area contributed by atoms with Crippen LogP contribution in [0.5, 0.6) is 5.75 Å². The summed E-state index contributed by atoms with van der Waals surface area (Å²) in [6, 6.07) is 16.8. The molecular formula is C19H19NO4. The van der Waals surface area contributed by atoms with E-state index in [4.69, 9.17) is 9.47 Å². The molecule has 1 fully saturated rings. The number of hydrogen-bond acceptors (Lipinski definition) is 4. The molecule has 0 unspecified atom stereocenters. The van der Waals surface area contributed by atoms with Crippen molar-refractivity contribution in [3.05, 3.63) is 60.2 Å². The van der Waals surface area contributed by atoms with Crippen LogP contribution >= 0.6 is 0 Å². The summed E-state index contributed by atoms with van der Waals surface area (Å²) in [5.74, 6) is -1.06. The molecule has 5 heteroatoms. The van der Waals surface area contributed by atoms with Crippen molar-refractivity contribution in [3.63, 3.8) is 0 Å². The van der Waals surface area contributed by atoms with Gasteiger partial charge in [0.2, 0.25) is 5.91 Å². The van der Waals surface area contributed by atoms with Gasteiger partial charge in [-0.2, -0.15) is 0 Å². The molecule has 0 aromatic heterocycles. The van der Waals surface area contributed by atoms with Crippen molar-refractivity contribution < 1.29 is 19.1 Å². The normalized spacial score (nSPS) is 20.1. The number of carbonyl (C=O) groups excluding carboxylic acids is 2. The van der Waals surface area contributed by atoms with Crippen molar-refractivity contribution in [1.29, 1.82) is 0 Å². The number of rotatable bonds is 4. The summed E-state index contributed by atoms with van der Waals surface area (Å²) >= 11 is 0. The molecule has 1 amide bonds. The van der Waals surface area contributed by atoms with Gasteiger partial charge in [-0.05, 0) is 29.8 Å². The van der Waals surface area contributed by atoms with Crippen molar-refractivity contribution in [2.75, 3.05) is 25.7 Å². The molecule has 0 radical (unpaired) electrons. The molecule has 0 saturated carbocycles. The molecule has 2 aromatic rings. The lowest BCUT2D eigenvalue weighted by molar-refractivity contribution is -0.148. The number of ether oxygens (including phenoxy) is 2. The van der Waals surface area contributed by atoms with Gasteiger partial charge in [-0.25, -0.2) is 0 Å². The Morgan fingerprint density at radius 3 is 2.29 bits per heavy atom. The van der Waals surface area contributed by atoms with Crippen LogP contribution in [0.2, 0.25) is 0 Å². The van der Waals surface area contributed by atoms with E-state index in [1.807, 2.05) is 42.5 Å². The third-order valence-electron chi connectivity index (χ3n) is 4.38. The zero-order chi connectivity index (χ0) is 17.1. The highest BCUT2D eigenvalue weighted by Crippen LogP contribution is 2.37. The Hall–Kier alpha value is -2.82. The Balaban J connectivity index is 1.95. The lowest BCUT2D eigenvalue weighted by atomic mass is 9.89. The number of amides is 1. The van der Waals surface area contributed by atoms with E-state index in [1.54, 1.807) is 24.1 Å². The van der Waals surface area contributed by atoms with E-state index in [9.17, 15) is 9.59 Å². The Bertz CT molecular complexity index is 727. The third kappa shape index (κ3) is 2.85. The first-order valence-electron chi connectivity index (χ1n) is 7.74. The maximum absolute atomic E-state index is 12.8. The smallest absolute Gasteiger partial charge is 0.318 e. The predicted octanol–water partition coefficient (Wildman–Crippen LogP) is 2.61. The zero-order valence-electron chi connectivity index (χ0n) is 13.6. The lowest BCUT2D eigenvalue weighted by Crippen LogP contribution is -2.31. The van der Waals surface area contributed by atoms with E-state index in [0.717, 1.165) is 17.0 Å². The summed E-state index contributed by atoms with van der Waals surface area (Å²) < 4.78 is 10.0. The molecule has 0 N–H and O–H groups in total. The van der Waals surface area contributed by atoms with Crippen molar-refractivity contribution in [2.24, 2.45) is 5.92 Å². The molecule has 1 aliphatic rings. The van der Waals surface area contributed by atoms with Gasteiger partial charge in [0, 0.05) is 18.2 Å². The molecule has 5 nitrogen and oxygen atoms in total. The van der Waals surface area contributed by atoms with Crippen LogP contribution in [-0.2, 0) is 14.3 Å². The number of hydrogen-bond donors (Lipinski definition) is 0. The first kappa shape index (κ1) is 16.1. The van der Waals surface area contributed by atoms with Crippen LogP contribution in [0, 0.1) is 5.92 Å². The van der Waals surface area contributed by atoms with Crippen LogP contribution < -0.4 is 9.64 Å². The lowest BCUT2D eigenvalue weighted by Gasteiger charge is -2.17. The van der Waals surface area contributed by atoms with Crippen molar-refractivity contribution in [2.45, 2.75) is 5.92 Å². The maximum atomic E-state index is 12.8. The minimum Gasteiger partial charge on any atom is -0.497 e. The van der Waals surface area contributed by atoms with Gasteiger partial charge in [0.15, 0.2) is 0 Å². The molecule has 2 atom stereocenters. The van der Waals surface area contributed by atoms with Crippen molar-refractivity contribution >= 4 is 17.6 Å². The molecule has 3 rings (SSSR count). The average Bonchev–Trinajstić information content (AvgIpc) is 2.99. The Morgan fingerprint density at radius 1 is 1.04 bits per heavy atom. The van der Waals surface area contributed by atoms with E-state index in [1.165, 1.54) is 7.11 Å². The van der Waals surface area contributed by atoms with Gasteiger partial charge in [-0.15, -0.1) is 0 Å². The second-order valence-electron chi connectivity index (χ2n) is 5.66. The van der Waals surface area contributed by atoms with Crippen LogP contribution in [0.3, 0.4) is 0 Å². The molecule has 124 valence electrons. The van der Waals surface area contributed by atoms with Gasteiger partial charge in [0.1, 0.15) is 11.7 Å². The molecule has 24 heavy (non-hydrogen) atoms. The first-order chi connectivity index (χ1) is 11.7. The second kappa shape index (κ2) is 6.74. The molecule has 0 aliphatic carbocycles. The molecule has 2 aromatic carbocycles. The van der Waals surface area contributed by atoms with Gasteiger partial charge >= 0.3 is 5.97 Å². The summed E-state index contributed by atoms with van der Waals surface area (Å²) in [4.78, 5) is 26.7. The number of esters is 1. The largest absolute Gasteiger partial charge is 0.497 e. The van der Waals surface area contributed by atoms with E-state index >= 15 is 0 Å². The predicted molar refractivity (Wildman–Crippen MR) is 90.0 cm³/mol. The number of methoxy groups -OCH3 is 2. The Kier molecular flexibility index (Phi) is 4.51. The van der Waals surface area contributed by atoms with Crippen molar-refractivity contribution in [1.82, 2.24) is 0 Å². The molecule has 1 heterocycles. The number of benzene rings is 2. The Labute approximate surface area is 140 Å². The minimum atomic E-state index is -0.820. The summed E-state index contributed by atoms with van der Waals surface area (Å²) in [6.07, 6.45) is 0. The summed E-state index contributed by atoms with van der Waals surface area (Å²) in [5, 5.41) is 0. The highest BCUT2D eigenvalue weighted by atomic mass is 16.5. The minimum absolute atomic E-state index is 0.228. The molecular weight excluding hydrogens is 306 g/mol. The van der Waals surface area contributed by atoms with Crippen LogP contribution in [0.15, 0.2) is 54.6 Å². The molecule has 1 aliphatic heterocycles. The highest BCUT2D eigenvalue weighted by Gasteiger charge is 2.46. The molecule has 0 spiro atoms. The van der Waals surface area contributed by atoms with Crippen molar-refractivity contribution in [3.8, 4) is 5.75 Å². The first-order valence-corrected chi connectivity index (χ1v) is 7.74. The van der Waals surface area contributed by atoms with Gasteiger partial charge in [0.25, 0.3) is 0 Å². The fourth-order valence-corrected chi connectivity index (χ4v) is 3.12. The summed E-state index contributed by atoms with van der Waals surface area (Å²) in [7, 11) is 2.91. The second-order valence-corrected chi connectivity index (χ2v) is 5.66.